The summed E-state index contributed by atoms with van der Waals surface area (Å²) in [6, 6.07) is 12.0. The van der Waals surface area contributed by atoms with Crippen LogP contribution >= 0.6 is 0 Å². The van der Waals surface area contributed by atoms with Gasteiger partial charge in [0, 0.05) is 19.4 Å². The van der Waals surface area contributed by atoms with Gasteiger partial charge in [-0.3, -0.25) is 4.79 Å². The molecule has 1 N–H and O–H groups in total. The van der Waals surface area contributed by atoms with Gasteiger partial charge in [-0.2, -0.15) is 0 Å². The highest BCUT2D eigenvalue weighted by Gasteiger charge is 2.39. The third-order valence-corrected chi connectivity index (χ3v) is 5.85. The van der Waals surface area contributed by atoms with Crippen molar-refractivity contribution in [3.05, 3.63) is 59.7 Å². The molecule has 1 aliphatic heterocycles. The number of anilines is 1. The van der Waals surface area contributed by atoms with E-state index in [0.29, 0.717) is 43.2 Å². The first-order valence-electron chi connectivity index (χ1n) is 10.7. The van der Waals surface area contributed by atoms with Crippen LogP contribution in [0.1, 0.15) is 43.4 Å². The van der Waals surface area contributed by atoms with Crippen LogP contribution < -0.4 is 19.5 Å². The lowest BCUT2D eigenvalue weighted by molar-refractivity contribution is -0.132. The summed E-state index contributed by atoms with van der Waals surface area (Å²) in [5, 5.41) is 3.74. The van der Waals surface area contributed by atoms with Gasteiger partial charge in [-0.1, -0.05) is 30.4 Å². The fourth-order valence-corrected chi connectivity index (χ4v) is 4.51. The molecule has 31 heavy (non-hydrogen) atoms. The van der Waals surface area contributed by atoms with Crippen molar-refractivity contribution in [1.82, 2.24) is 0 Å². The monoisotopic (exact) mass is 423 g/mol. The van der Waals surface area contributed by atoms with E-state index in [0.717, 1.165) is 23.4 Å². The van der Waals surface area contributed by atoms with Crippen LogP contribution in [0.5, 0.6) is 17.2 Å². The molecule has 6 nitrogen and oxygen atoms in total. The zero-order valence-corrected chi connectivity index (χ0v) is 18.2. The van der Waals surface area contributed by atoms with Gasteiger partial charge in [-0.05, 0) is 48.6 Å². The van der Waals surface area contributed by atoms with Gasteiger partial charge in [0.25, 0.3) is 0 Å². The highest BCUT2D eigenvalue weighted by molar-refractivity contribution is 5.71. The van der Waals surface area contributed by atoms with Crippen molar-refractivity contribution in [2.75, 3.05) is 32.2 Å². The van der Waals surface area contributed by atoms with Crippen molar-refractivity contribution in [2.45, 2.75) is 32.2 Å². The Morgan fingerprint density at radius 1 is 1.13 bits per heavy atom. The lowest BCUT2D eigenvalue weighted by Gasteiger charge is -2.38. The second-order valence-electron chi connectivity index (χ2n) is 7.75. The summed E-state index contributed by atoms with van der Waals surface area (Å²) in [5.41, 5.74) is 3.37. The van der Waals surface area contributed by atoms with Crippen molar-refractivity contribution in [1.29, 1.82) is 0 Å². The Balaban J connectivity index is 1.65. The standard InChI is InChI=1S/C25H29NO5/c1-4-29-13-14-30-22-10-6-9-20-18-7-5-8-19(18)24(26-25(20)22)17-11-12-21(31-16(2)27)23(15-17)28-3/h5-7,9-12,15,18-19,24,26H,4,8,13-14H2,1-3H3. The molecule has 0 bridgehead atoms. The first kappa shape index (κ1) is 21.2. The predicted octanol–water partition coefficient (Wildman–Crippen LogP) is 4.86. The van der Waals surface area contributed by atoms with Crippen LogP contribution in [0.4, 0.5) is 5.69 Å². The van der Waals surface area contributed by atoms with Crippen LogP contribution in [0.25, 0.3) is 0 Å². The lowest BCUT2D eigenvalue weighted by atomic mass is 9.77. The van der Waals surface area contributed by atoms with E-state index in [-0.39, 0.29) is 12.0 Å². The molecule has 6 heteroatoms. The van der Waals surface area contributed by atoms with Gasteiger partial charge in [0.05, 0.1) is 25.4 Å². The Labute approximate surface area is 183 Å². The fraction of sp³-hybridized carbons (Fsp3) is 0.400. The zero-order chi connectivity index (χ0) is 21.8. The minimum atomic E-state index is -0.371. The van der Waals surface area contributed by atoms with Crippen molar-refractivity contribution in [3.8, 4) is 17.2 Å². The van der Waals surface area contributed by atoms with E-state index < -0.39 is 0 Å². The summed E-state index contributed by atoms with van der Waals surface area (Å²) in [4.78, 5) is 11.4. The molecule has 0 fully saturated rings. The van der Waals surface area contributed by atoms with Crippen molar-refractivity contribution in [2.24, 2.45) is 5.92 Å². The van der Waals surface area contributed by atoms with E-state index in [4.69, 9.17) is 18.9 Å². The zero-order valence-electron chi connectivity index (χ0n) is 18.2. The van der Waals surface area contributed by atoms with E-state index in [1.54, 1.807) is 13.2 Å². The molecular weight excluding hydrogens is 394 g/mol. The number of carbonyl (C=O) groups is 1. The van der Waals surface area contributed by atoms with E-state index >= 15 is 0 Å². The van der Waals surface area contributed by atoms with Gasteiger partial charge in [-0.15, -0.1) is 0 Å². The van der Waals surface area contributed by atoms with Crippen molar-refractivity contribution < 1.29 is 23.7 Å². The molecule has 2 aliphatic rings. The number of benzene rings is 2. The smallest absolute Gasteiger partial charge is 0.308 e. The molecule has 0 saturated carbocycles. The summed E-state index contributed by atoms with van der Waals surface area (Å²) in [6.07, 6.45) is 5.54. The minimum absolute atomic E-state index is 0.0735. The Bertz CT molecular complexity index is 970. The Morgan fingerprint density at radius 2 is 2.00 bits per heavy atom. The Morgan fingerprint density at radius 3 is 2.77 bits per heavy atom. The average molecular weight is 424 g/mol. The van der Waals surface area contributed by atoms with Crippen LogP contribution in [0.3, 0.4) is 0 Å². The summed E-state index contributed by atoms with van der Waals surface area (Å²) in [7, 11) is 1.58. The van der Waals surface area contributed by atoms with Gasteiger partial charge < -0.3 is 24.3 Å². The number of nitrogens with one attached hydrogen (secondary N) is 1. The molecule has 4 rings (SSSR count). The molecule has 1 heterocycles. The maximum Gasteiger partial charge on any atom is 0.308 e. The van der Waals surface area contributed by atoms with E-state index in [1.807, 2.05) is 25.1 Å². The number of hydrogen-bond acceptors (Lipinski definition) is 6. The molecule has 0 aromatic heterocycles. The van der Waals surface area contributed by atoms with E-state index in [2.05, 4.69) is 29.6 Å². The molecule has 0 amide bonds. The van der Waals surface area contributed by atoms with Crippen LogP contribution in [0, 0.1) is 5.92 Å². The third-order valence-electron chi connectivity index (χ3n) is 5.85. The number of ether oxygens (including phenoxy) is 4. The number of fused-ring (bicyclic) bond motifs is 3. The number of esters is 1. The van der Waals surface area contributed by atoms with E-state index in [1.165, 1.54) is 12.5 Å². The molecular formula is C25H29NO5. The van der Waals surface area contributed by atoms with Crippen LogP contribution in [-0.2, 0) is 9.53 Å². The van der Waals surface area contributed by atoms with E-state index in [9.17, 15) is 4.79 Å². The number of rotatable bonds is 8. The van der Waals surface area contributed by atoms with Gasteiger partial charge in [0.2, 0.25) is 0 Å². The molecule has 2 aromatic rings. The molecule has 1 aliphatic carbocycles. The number of para-hydroxylation sites is 1. The maximum absolute atomic E-state index is 11.4. The summed E-state index contributed by atoms with van der Waals surface area (Å²) in [5.74, 6) is 2.14. The minimum Gasteiger partial charge on any atom is -0.493 e. The van der Waals surface area contributed by atoms with Crippen molar-refractivity contribution in [3.63, 3.8) is 0 Å². The lowest BCUT2D eigenvalue weighted by Crippen LogP contribution is -2.29. The number of hydrogen-bond donors (Lipinski definition) is 1. The van der Waals surface area contributed by atoms with Gasteiger partial charge >= 0.3 is 5.97 Å². The quantitative estimate of drug-likeness (QED) is 0.283. The number of methoxy groups -OCH3 is 1. The highest BCUT2D eigenvalue weighted by Crippen LogP contribution is 2.52. The SMILES string of the molecule is CCOCCOc1cccc2c1NC(c1ccc(OC(C)=O)c(OC)c1)C1CC=CC21. The highest BCUT2D eigenvalue weighted by atomic mass is 16.6. The molecule has 0 spiro atoms. The second-order valence-corrected chi connectivity index (χ2v) is 7.75. The van der Waals surface area contributed by atoms with Crippen LogP contribution in [0.15, 0.2) is 48.6 Å². The van der Waals surface area contributed by atoms with Crippen molar-refractivity contribution >= 4 is 11.7 Å². The largest absolute Gasteiger partial charge is 0.493 e. The molecule has 3 atom stereocenters. The topological polar surface area (TPSA) is 66.0 Å². The molecule has 2 aromatic carbocycles. The van der Waals surface area contributed by atoms with Gasteiger partial charge in [0.15, 0.2) is 11.5 Å². The molecule has 0 radical (unpaired) electrons. The summed E-state index contributed by atoms with van der Waals surface area (Å²) >= 11 is 0. The fourth-order valence-electron chi connectivity index (χ4n) is 4.51. The number of allylic oxidation sites excluding steroid dienone is 2. The maximum atomic E-state index is 11.4. The van der Waals surface area contributed by atoms with Crippen LogP contribution in [0.2, 0.25) is 0 Å². The Hall–Kier alpha value is -2.99. The third kappa shape index (κ3) is 4.39. The van der Waals surface area contributed by atoms with Crippen LogP contribution in [-0.4, -0.2) is 32.9 Å². The molecule has 0 saturated heterocycles. The summed E-state index contributed by atoms with van der Waals surface area (Å²) in [6.45, 7) is 5.10. The Kier molecular flexibility index (Phi) is 6.47. The normalized spacial score (nSPS) is 21.1. The number of carbonyl (C=O) groups excluding carboxylic acids is 1. The van der Waals surface area contributed by atoms with Gasteiger partial charge in [-0.25, -0.2) is 0 Å². The first-order chi connectivity index (χ1) is 15.1. The average Bonchev–Trinajstić information content (AvgIpc) is 3.26. The first-order valence-corrected chi connectivity index (χ1v) is 10.7. The predicted molar refractivity (Wildman–Crippen MR) is 119 cm³/mol. The molecule has 3 unspecified atom stereocenters. The summed E-state index contributed by atoms with van der Waals surface area (Å²) < 4.78 is 22.2. The molecule has 164 valence electrons. The van der Waals surface area contributed by atoms with Gasteiger partial charge in [0.1, 0.15) is 12.4 Å². The second kappa shape index (κ2) is 9.43.